The highest BCUT2D eigenvalue weighted by Gasteiger charge is 2.19. The van der Waals surface area contributed by atoms with Crippen LogP contribution in [0.4, 0.5) is 5.82 Å². The highest BCUT2D eigenvalue weighted by atomic mass is 16.5. The van der Waals surface area contributed by atoms with Gasteiger partial charge in [0.25, 0.3) is 5.56 Å². The van der Waals surface area contributed by atoms with E-state index in [1.165, 1.54) is 4.90 Å². The second-order valence-electron chi connectivity index (χ2n) is 6.02. The van der Waals surface area contributed by atoms with Crippen LogP contribution in [0.1, 0.15) is 6.42 Å². The van der Waals surface area contributed by atoms with Crippen LogP contribution in [-0.4, -0.2) is 60.8 Å². The lowest BCUT2D eigenvalue weighted by Gasteiger charge is -2.28. The number of anilines is 1. The van der Waals surface area contributed by atoms with Gasteiger partial charge in [-0.15, -0.1) is 0 Å². The molecule has 1 saturated heterocycles. The molecule has 0 N–H and O–H groups in total. The first kappa shape index (κ1) is 16.4. The number of aryl methyl sites for hydroxylation is 1. The van der Waals surface area contributed by atoms with E-state index in [0.29, 0.717) is 38.7 Å². The molecule has 0 spiro atoms. The fourth-order valence-electron chi connectivity index (χ4n) is 2.81. The molecule has 1 aliphatic heterocycles. The van der Waals surface area contributed by atoms with Crippen molar-refractivity contribution in [2.75, 3.05) is 45.3 Å². The molecule has 128 valence electrons. The maximum Gasteiger partial charge on any atom is 0.294 e. The second kappa shape index (κ2) is 7.00. The average Bonchev–Trinajstić information content (AvgIpc) is 2.61. The number of carbonyl (C=O) groups excluding carboxylic acids is 1. The Morgan fingerprint density at radius 2 is 1.96 bits per heavy atom. The summed E-state index contributed by atoms with van der Waals surface area (Å²) in [5, 5.41) is 0. The standard InChI is InChI=1S/C17H22N4O3/c1-19(2)15(22)7-8-21-14-6-4-3-5-13(14)18-16(17(21)23)20-9-11-24-12-10-20/h3-6H,7-12H2,1-2H3. The second-order valence-corrected chi connectivity index (χ2v) is 6.02. The van der Waals surface area contributed by atoms with Gasteiger partial charge >= 0.3 is 0 Å². The van der Waals surface area contributed by atoms with Crippen molar-refractivity contribution in [2.45, 2.75) is 13.0 Å². The topological polar surface area (TPSA) is 67.7 Å². The fraction of sp³-hybridized carbons (Fsp3) is 0.471. The summed E-state index contributed by atoms with van der Waals surface area (Å²) in [7, 11) is 3.43. The Hall–Kier alpha value is -2.41. The molecule has 24 heavy (non-hydrogen) atoms. The number of aromatic nitrogens is 2. The summed E-state index contributed by atoms with van der Waals surface area (Å²) in [6, 6.07) is 7.54. The van der Waals surface area contributed by atoms with E-state index in [1.54, 1.807) is 18.7 Å². The van der Waals surface area contributed by atoms with E-state index >= 15 is 0 Å². The minimum absolute atomic E-state index is 0.00397. The predicted octanol–water partition coefficient (Wildman–Crippen LogP) is 0.711. The highest BCUT2D eigenvalue weighted by molar-refractivity contribution is 5.78. The van der Waals surface area contributed by atoms with Crippen LogP contribution < -0.4 is 10.5 Å². The number of hydrogen-bond donors (Lipinski definition) is 0. The molecule has 0 saturated carbocycles. The van der Waals surface area contributed by atoms with Gasteiger partial charge in [-0.1, -0.05) is 12.1 Å². The van der Waals surface area contributed by atoms with Gasteiger partial charge < -0.3 is 19.1 Å². The van der Waals surface area contributed by atoms with Gasteiger partial charge in [0.2, 0.25) is 5.91 Å². The molecule has 0 atom stereocenters. The van der Waals surface area contributed by atoms with Crippen molar-refractivity contribution in [1.82, 2.24) is 14.5 Å². The molecule has 1 fully saturated rings. The number of amides is 1. The number of nitrogens with zero attached hydrogens (tertiary/aromatic N) is 4. The number of fused-ring (bicyclic) bond motifs is 1. The van der Waals surface area contributed by atoms with Crippen molar-refractivity contribution in [3.05, 3.63) is 34.6 Å². The molecule has 1 amide bonds. The molecule has 7 nitrogen and oxygen atoms in total. The first-order valence-corrected chi connectivity index (χ1v) is 8.10. The molecule has 0 aliphatic carbocycles. The third-order valence-electron chi connectivity index (χ3n) is 4.19. The minimum Gasteiger partial charge on any atom is -0.378 e. The number of benzene rings is 1. The summed E-state index contributed by atoms with van der Waals surface area (Å²) in [5.74, 6) is 0.435. The van der Waals surface area contributed by atoms with E-state index in [0.717, 1.165) is 11.0 Å². The molecule has 0 unspecified atom stereocenters. The summed E-state index contributed by atoms with van der Waals surface area (Å²) in [6.45, 7) is 2.82. The van der Waals surface area contributed by atoms with E-state index in [9.17, 15) is 9.59 Å². The molecule has 1 aromatic heterocycles. The van der Waals surface area contributed by atoms with Gasteiger partial charge in [-0.25, -0.2) is 4.98 Å². The maximum absolute atomic E-state index is 13.0. The van der Waals surface area contributed by atoms with Gasteiger partial charge in [0.05, 0.1) is 24.2 Å². The molecule has 0 bridgehead atoms. The van der Waals surface area contributed by atoms with Crippen molar-refractivity contribution in [3.8, 4) is 0 Å². The van der Waals surface area contributed by atoms with Crippen LogP contribution in [-0.2, 0) is 16.1 Å². The minimum atomic E-state index is -0.151. The van der Waals surface area contributed by atoms with Crippen LogP contribution in [0.3, 0.4) is 0 Å². The van der Waals surface area contributed by atoms with Crippen molar-refractivity contribution < 1.29 is 9.53 Å². The zero-order valence-corrected chi connectivity index (χ0v) is 14.1. The van der Waals surface area contributed by atoms with Crippen LogP contribution in [0.15, 0.2) is 29.1 Å². The molecule has 1 aliphatic rings. The monoisotopic (exact) mass is 330 g/mol. The van der Waals surface area contributed by atoms with Crippen LogP contribution in [0, 0.1) is 0 Å². The van der Waals surface area contributed by atoms with Crippen molar-refractivity contribution in [3.63, 3.8) is 0 Å². The average molecular weight is 330 g/mol. The largest absolute Gasteiger partial charge is 0.378 e. The first-order chi connectivity index (χ1) is 11.6. The van der Waals surface area contributed by atoms with Gasteiger partial charge in [-0.05, 0) is 12.1 Å². The zero-order chi connectivity index (χ0) is 17.1. The third-order valence-corrected chi connectivity index (χ3v) is 4.19. The smallest absolute Gasteiger partial charge is 0.294 e. The fourth-order valence-corrected chi connectivity index (χ4v) is 2.81. The normalized spacial score (nSPS) is 14.8. The predicted molar refractivity (Wildman–Crippen MR) is 92.3 cm³/mol. The number of rotatable bonds is 4. The van der Waals surface area contributed by atoms with Crippen molar-refractivity contribution in [1.29, 1.82) is 0 Å². The van der Waals surface area contributed by atoms with E-state index in [1.807, 2.05) is 29.2 Å². The summed E-state index contributed by atoms with van der Waals surface area (Å²) in [6.07, 6.45) is 0.281. The van der Waals surface area contributed by atoms with Gasteiger partial charge in [0.15, 0.2) is 5.82 Å². The zero-order valence-electron chi connectivity index (χ0n) is 14.1. The summed E-state index contributed by atoms with van der Waals surface area (Å²) in [4.78, 5) is 32.9. The van der Waals surface area contributed by atoms with Crippen molar-refractivity contribution >= 4 is 22.8 Å². The van der Waals surface area contributed by atoms with Crippen LogP contribution in [0.5, 0.6) is 0 Å². The van der Waals surface area contributed by atoms with E-state index < -0.39 is 0 Å². The lowest BCUT2D eigenvalue weighted by atomic mass is 10.2. The summed E-state index contributed by atoms with van der Waals surface area (Å²) < 4.78 is 7.02. The molecular formula is C17H22N4O3. The Morgan fingerprint density at radius 3 is 2.67 bits per heavy atom. The third kappa shape index (κ3) is 3.26. The molecule has 2 aromatic rings. The van der Waals surface area contributed by atoms with Crippen molar-refractivity contribution in [2.24, 2.45) is 0 Å². The van der Waals surface area contributed by atoms with Crippen LogP contribution >= 0.6 is 0 Å². The molecule has 0 radical (unpaired) electrons. The van der Waals surface area contributed by atoms with E-state index in [2.05, 4.69) is 4.98 Å². The van der Waals surface area contributed by atoms with E-state index in [-0.39, 0.29) is 17.9 Å². The molecular weight excluding hydrogens is 308 g/mol. The quantitative estimate of drug-likeness (QED) is 0.826. The number of para-hydroxylation sites is 2. The Morgan fingerprint density at radius 1 is 1.25 bits per heavy atom. The lowest BCUT2D eigenvalue weighted by molar-refractivity contribution is -0.128. The lowest BCUT2D eigenvalue weighted by Crippen LogP contribution is -2.41. The van der Waals surface area contributed by atoms with Gasteiger partial charge in [0.1, 0.15) is 0 Å². The Bertz CT molecular complexity index is 794. The molecule has 3 rings (SSSR count). The van der Waals surface area contributed by atoms with Crippen LogP contribution in [0.25, 0.3) is 11.0 Å². The summed E-state index contributed by atoms with van der Waals surface area (Å²) in [5.41, 5.74) is 1.36. The van der Waals surface area contributed by atoms with Gasteiger partial charge in [-0.2, -0.15) is 0 Å². The number of ether oxygens (including phenoxy) is 1. The molecule has 7 heteroatoms. The highest BCUT2D eigenvalue weighted by Crippen LogP contribution is 2.16. The number of carbonyl (C=O) groups is 1. The molecule has 1 aromatic carbocycles. The first-order valence-electron chi connectivity index (χ1n) is 8.10. The maximum atomic E-state index is 13.0. The Balaban J connectivity index is 2.02. The summed E-state index contributed by atoms with van der Waals surface area (Å²) >= 11 is 0. The van der Waals surface area contributed by atoms with E-state index in [4.69, 9.17) is 4.74 Å². The Kier molecular flexibility index (Phi) is 4.80. The van der Waals surface area contributed by atoms with Crippen LogP contribution in [0.2, 0.25) is 0 Å². The number of hydrogen-bond acceptors (Lipinski definition) is 5. The van der Waals surface area contributed by atoms with Gasteiger partial charge in [0, 0.05) is 40.2 Å². The SMILES string of the molecule is CN(C)C(=O)CCn1c(=O)c(N2CCOCC2)nc2ccccc21. The number of morpholine rings is 1. The Labute approximate surface area is 140 Å². The van der Waals surface area contributed by atoms with Gasteiger partial charge in [-0.3, -0.25) is 9.59 Å². The molecule has 2 heterocycles.